The predicted octanol–water partition coefficient (Wildman–Crippen LogP) is -0.808. The Hall–Kier alpha value is -1.92. The molecule has 0 aromatic carbocycles. The van der Waals surface area contributed by atoms with Crippen molar-refractivity contribution in [2.45, 2.75) is 0 Å². The van der Waals surface area contributed by atoms with E-state index >= 15 is 0 Å². The van der Waals surface area contributed by atoms with Gasteiger partial charge in [-0.2, -0.15) is 9.50 Å². The van der Waals surface area contributed by atoms with Gasteiger partial charge >= 0.3 is 11.9 Å². The molecule has 0 atom stereocenters. The number of imidazole rings is 1. The van der Waals surface area contributed by atoms with Crippen LogP contribution in [-0.2, 0) is 0 Å². The zero-order valence-corrected chi connectivity index (χ0v) is 5.35. The second-order valence-electron chi connectivity index (χ2n) is 1.96. The van der Waals surface area contributed by atoms with Gasteiger partial charge in [0, 0.05) is 0 Å². The van der Waals surface area contributed by atoms with Crippen LogP contribution in [0.2, 0.25) is 0 Å². The molecule has 0 aliphatic carbocycles. The van der Waals surface area contributed by atoms with Crippen LogP contribution in [0.3, 0.4) is 0 Å². The minimum atomic E-state index is -0.487. The number of aromatic nitrogens is 3. The maximum atomic E-state index is 8.73. The Morgan fingerprint density at radius 3 is 2.82 bits per heavy atom. The van der Waals surface area contributed by atoms with Gasteiger partial charge in [0.1, 0.15) is 0 Å². The largest absolute Gasteiger partial charge is 0.465 e. The van der Waals surface area contributed by atoms with Crippen molar-refractivity contribution < 1.29 is 9.52 Å². The number of anilines is 2. The summed E-state index contributed by atoms with van der Waals surface area (Å²) < 4.78 is 5.72. The molecule has 0 radical (unpaired) electrons. The van der Waals surface area contributed by atoms with Gasteiger partial charge in [0.15, 0.2) is 11.6 Å². The van der Waals surface area contributed by atoms with Crippen LogP contribution < -0.4 is 11.5 Å². The molecule has 0 unspecified atom stereocenters. The van der Waals surface area contributed by atoms with E-state index in [0.29, 0.717) is 0 Å². The lowest BCUT2D eigenvalue weighted by Gasteiger charge is -1.84. The van der Waals surface area contributed by atoms with Crippen molar-refractivity contribution in [2.24, 2.45) is 0 Å². The molecule has 0 bridgehead atoms. The fraction of sp³-hybridized carbons (Fsp3) is 0. The summed E-state index contributed by atoms with van der Waals surface area (Å²) in [6, 6.07) is 0. The van der Waals surface area contributed by atoms with Crippen LogP contribution in [0.25, 0.3) is 5.84 Å². The van der Waals surface area contributed by atoms with Gasteiger partial charge in [0.05, 0.1) is 0 Å². The SMILES string of the molecule is Nc1nc2oc(O)nn2c1N. The lowest BCUT2D eigenvalue weighted by atomic mass is 10.7. The molecule has 11 heavy (non-hydrogen) atoms. The molecule has 2 aromatic heterocycles. The van der Waals surface area contributed by atoms with Gasteiger partial charge in [-0.05, 0) is 0 Å². The molecule has 0 amide bonds. The van der Waals surface area contributed by atoms with E-state index in [-0.39, 0.29) is 17.5 Å². The summed E-state index contributed by atoms with van der Waals surface area (Å²) in [5, 5.41) is 12.2. The molecule has 58 valence electrons. The van der Waals surface area contributed by atoms with E-state index in [9.17, 15) is 0 Å². The van der Waals surface area contributed by atoms with Crippen LogP contribution in [0.15, 0.2) is 4.42 Å². The van der Waals surface area contributed by atoms with Crippen molar-refractivity contribution >= 4 is 17.5 Å². The molecule has 0 spiro atoms. The van der Waals surface area contributed by atoms with Crippen LogP contribution in [0.4, 0.5) is 11.6 Å². The maximum Gasteiger partial charge on any atom is 0.412 e. The predicted molar refractivity (Wildman–Crippen MR) is 35.7 cm³/mol. The summed E-state index contributed by atoms with van der Waals surface area (Å²) >= 11 is 0. The Kier molecular flexibility index (Phi) is 0.831. The average Bonchev–Trinajstić information content (AvgIpc) is 2.37. The van der Waals surface area contributed by atoms with Gasteiger partial charge in [-0.1, -0.05) is 5.10 Å². The normalized spacial score (nSPS) is 10.9. The zero-order chi connectivity index (χ0) is 8.01. The molecule has 7 heteroatoms. The first kappa shape index (κ1) is 5.83. The molecule has 5 N–H and O–H groups in total. The molecule has 0 aliphatic rings. The number of aromatic hydroxyl groups is 1. The Morgan fingerprint density at radius 1 is 1.45 bits per heavy atom. The quantitative estimate of drug-likeness (QED) is 0.458. The average molecular weight is 155 g/mol. The first-order chi connectivity index (χ1) is 5.18. The van der Waals surface area contributed by atoms with Crippen LogP contribution in [0.5, 0.6) is 6.08 Å². The van der Waals surface area contributed by atoms with Crippen molar-refractivity contribution in [3.63, 3.8) is 0 Å². The highest BCUT2D eigenvalue weighted by Gasteiger charge is 2.11. The molecule has 7 nitrogen and oxygen atoms in total. The summed E-state index contributed by atoms with van der Waals surface area (Å²) in [5.74, 6) is 0.373. The first-order valence-corrected chi connectivity index (χ1v) is 2.78. The second-order valence-corrected chi connectivity index (χ2v) is 1.96. The number of rotatable bonds is 0. The third-order valence-corrected chi connectivity index (χ3v) is 1.26. The Morgan fingerprint density at radius 2 is 2.18 bits per heavy atom. The minimum absolute atomic E-state index is 0.0810. The third kappa shape index (κ3) is 0.613. The van der Waals surface area contributed by atoms with E-state index in [0.717, 1.165) is 4.52 Å². The number of hydrogen-bond donors (Lipinski definition) is 3. The van der Waals surface area contributed by atoms with E-state index in [2.05, 4.69) is 14.5 Å². The number of nitrogens with two attached hydrogens (primary N) is 2. The fourth-order valence-corrected chi connectivity index (χ4v) is 0.770. The molecule has 2 heterocycles. The zero-order valence-electron chi connectivity index (χ0n) is 5.35. The Labute approximate surface area is 60.2 Å². The number of fused-ring (bicyclic) bond motifs is 1. The van der Waals surface area contributed by atoms with E-state index in [1.807, 2.05) is 0 Å². The van der Waals surface area contributed by atoms with Crippen molar-refractivity contribution in [3.8, 4) is 6.08 Å². The molecule has 0 saturated carbocycles. The summed E-state index contributed by atoms with van der Waals surface area (Å²) in [6.45, 7) is 0. The highest BCUT2D eigenvalue weighted by atomic mass is 16.5. The van der Waals surface area contributed by atoms with E-state index in [1.54, 1.807) is 0 Å². The number of nitrogen functional groups attached to an aromatic ring is 2. The molecule has 0 saturated heterocycles. The summed E-state index contributed by atoms with van der Waals surface area (Å²) in [6.07, 6.45) is -0.487. The molecule has 2 rings (SSSR count). The fourth-order valence-electron chi connectivity index (χ4n) is 0.770. The molecular formula is C4H5N5O2. The molecule has 0 fully saturated rings. The summed E-state index contributed by atoms with van der Waals surface area (Å²) in [7, 11) is 0. The van der Waals surface area contributed by atoms with E-state index < -0.39 is 6.08 Å². The topological polar surface area (TPSA) is 116 Å². The van der Waals surface area contributed by atoms with Gasteiger partial charge in [-0.3, -0.25) is 0 Å². The van der Waals surface area contributed by atoms with E-state index in [4.69, 9.17) is 16.6 Å². The minimum Gasteiger partial charge on any atom is -0.465 e. The molecule has 0 aliphatic heterocycles. The smallest absolute Gasteiger partial charge is 0.412 e. The number of nitrogens with zero attached hydrogens (tertiary/aromatic N) is 3. The Balaban J connectivity index is 2.88. The van der Waals surface area contributed by atoms with Crippen molar-refractivity contribution in [1.82, 2.24) is 14.6 Å². The summed E-state index contributed by atoms with van der Waals surface area (Å²) in [5.41, 5.74) is 10.7. The standard InChI is InChI=1S/C4H5N5O2/c5-1-2(6)9-3(7-1)11-4(10)8-9/h5-6H2,(H,8,10). The number of hydrogen-bond acceptors (Lipinski definition) is 6. The van der Waals surface area contributed by atoms with Crippen LogP contribution >= 0.6 is 0 Å². The monoisotopic (exact) mass is 155 g/mol. The van der Waals surface area contributed by atoms with Crippen molar-refractivity contribution in [2.75, 3.05) is 11.5 Å². The van der Waals surface area contributed by atoms with Gasteiger partial charge < -0.3 is 21.0 Å². The van der Waals surface area contributed by atoms with Crippen molar-refractivity contribution in [3.05, 3.63) is 0 Å². The molecular weight excluding hydrogens is 150 g/mol. The Bertz CT molecular complexity index is 402. The molecule has 2 aromatic rings. The van der Waals surface area contributed by atoms with Gasteiger partial charge in [-0.25, -0.2) is 0 Å². The lowest BCUT2D eigenvalue weighted by molar-refractivity contribution is 0.325. The summed E-state index contributed by atoms with van der Waals surface area (Å²) in [4.78, 5) is 3.66. The van der Waals surface area contributed by atoms with Crippen LogP contribution in [-0.4, -0.2) is 19.7 Å². The second kappa shape index (κ2) is 1.57. The van der Waals surface area contributed by atoms with Gasteiger partial charge in [-0.15, -0.1) is 0 Å². The van der Waals surface area contributed by atoms with Gasteiger partial charge in [0.25, 0.3) is 0 Å². The van der Waals surface area contributed by atoms with Gasteiger partial charge in [0.2, 0.25) is 0 Å². The maximum absolute atomic E-state index is 8.73. The van der Waals surface area contributed by atoms with E-state index in [1.165, 1.54) is 0 Å². The highest BCUT2D eigenvalue weighted by Crippen LogP contribution is 2.18. The van der Waals surface area contributed by atoms with Crippen molar-refractivity contribution in [1.29, 1.82) is 0 Å². The van der Waals surface area contributed by atoms with Crippen LogP contribution in [0, 0.1) is 0 Å². The lowest BCUT2D eigenvalue weighted by Crippen LogP contribution is -1.96. The third-order valence-electron chi connectivity index (χ3n) is 1.26. The van der Waals surface area contributed by atoms with Crippen LogP contribution in [0.1, 0.15) is 0 Å². The first-order valence-electron chi connectivity index (χ1n) is 2.78. The highest BCUT2D eigenvalue weighted by molar-refractivity contribution is 5.59.